The van der Waals surface area contributed by atoms with Crippen molar-refractivity contribution in [3.05, 3.63) is 94.0 Å². The highest BCUT2D eigenvalue weighted by molar-refractivity contribution is 7.92. The largest absolute Gasteiger partial charge is 0.495 e. The van der Waals surface area contributed by atoms with Gasteiger partial charge in [0.2, 0.25) is 0 Å². The summed E-state index contributed by atoms with van der Waals surface area (Å²) in [5.74, 6) is -0.441. The van der Waals surface area contributed by atoms with Crippen LogP contribution >= 0.6 is 0 Å². The molecule has 10 nitrogen and oxygen atoms in total. The molecule has 3 aromatic rings. The maximum absolute atomic E-state index is 13.5. The Kier molecular flexibility index (Phi) is 7.82. The van der Waals surface area contributed by atoms with Gasteiger partial charge in [0.15, 0.2) is 0 Å². The van der Waals surface area contributed by atoms with E-state index in [1.165, 1.54) is 43.5 Å². The summed E-state index contributed by atoms with van der Waals surface area (Å²) in [4.78, 5) is 23.3. The molecule has 0 bridgehead atoms. The topological polar surface area (TPSA) is 131 Å². The van der Waals surface area contributed by atoms with Crippen LogP contribution in [0.3, 0.4) is 0 Å². The van der Waals surface area contributed by atoms with Crippen LogP contribution in [0.1, 0.15) is 18.1 Å². The summed E-state index contributed by atoms with van der Waals surface area (Å²) >= 11 is 0. The van der Waals surface area contributed by atoms with E-state index in [0.717, 1.165) is 9.87 Å². The van der Waals surface area contributed by atoms with Gasteiger partial charge in [-0.05, 0) is 38.1 Å². The van der Waals surface area contributed by atoms with E-state index in [1.807, 2.05) is 6.92 Å². The fourth-order valence-electron chi connectivity index (χ4n) is 3.19. The number of nitrogens with one attached hydrogen (secondary N) is 1. The Morgan fingerprint density at radius 1 is 1.09 bits per heavy atom. The molecule has 0 heterocycles. The average Bonchev–Trinajstić information content (AvgIpc) is 2.86. The molecule has 3 rings (SSSR count). The van der Waals surface area contributed by atoms with Crippen LogP contribution in [0.4, 0.5) is 11.4 Å². The first kappa shape index (κ1) is 25.4. The molecule has 1 amide bonds. The molecule has 35 heavy (non-hydrogen) atoms. The quantitative estimate of drug-likeness (QED) is 0.273. The highest BCUT2D eigenvalue weighted by Crippen LogP contribution is 2.32. The lowest BCUT2D eigenvalue weighted by Crippen LogP contribution is -2.40. The molecule has 1 N–H and O–H groups in total. The van der Waals surface area contributed by atoms with Gasteiger partial charge in [0.1, 0.15) is 12.3 Å². The Bertz CT molecular complexity index is 1370. The first-order valence-corrected chi connectivity index (χ1v) is 11.9. The summed E-state index contributed by atoms with van der Waals surface area (Å²) in [6, 6.07) is 18.5. The lowest BCUT2D eigenvalue weighted by molar-refractivity contribution is -0.384. The number of carbonyl (C=O) groups is 1. The number of para-hydroxylation sites is 2. The Morgan fingerprint density at radius 3 is 2.43 bits per heavy atom. The van der Waals surface area contributed by atoms with E-state index >= 15 is 0 Å². The van der Waals surface area contributed by atoms with Gasteiger partial charge >= 0.3 is 0 Å². The van der Waals surface area contributed by atoms with Crippen LogP contribution in [0.5, 0.6) is 5.75 Å². The second kappa shape index (κ2) is 10.8. The third-order valence-electron chi connectivity index (χ3n) is 5.07. The van der Waals surface area contributed by atoms with E-state index in [2.05, 4.69) is 10.5 Å². The third-order valence-corrected chi connectivity index (χ3v) is 6.85. The van der Waals surface area contributed by atoms with Gasteiger partial charge < -0.3 is 4.74 Å². The van der Waals surface area contributed by atoms with Crippen LogP contribution in [0, 0.1) is 17.0 Å². The minimum absolute atomic E-state index is 0.0121. The number of hydrogen-bond acceptors (Lipinski definition) is 7. The zero-order chi connectivity index (χ0) is 25.6. The molecule has 11 heteroatoms. The fraction of sp³-hybridized carbons (Fsp3) is 0.167. The first-order valence-electron chi connectivity index (χ1n) is 10.4. The zero-order valence-electron chi connectivity index (χ0n) is 19.3. The molecule has 3 aromatic carbocycles. The normalized spacial score (nSPS) is 11.6. The van der Waals surface area contributed by atoms with Crippen molar-refractivity contribution >= 4 is 33.0 Å². The summed E-state index contributed by atoms with van der Waals surface area (Å²) < 4.78 is 33.3. The number of nitro groups is 1. The number of ether oxygens (including phenoxy) is 1. The van der Waals surface area contributed by atoms with Crippen molar-refractivity contribution < 1.29 is 22.9 Å². The van der Waals surface area contributed by atoms with Crippen molar-refractivity contribution in [1.29, 1.82) is 0 Å². The Hall–Kier alpha value is -4.25. The average molecular weight is 497 g/mol. The van der Waals surface area contributed by atoms with E-state index in [4.69, 9.17) is 4.74 Å². The standard InChI is InChI=1S/C24H24N4O6S/c1-17-11-13-21(14-12-17)35(32,33)27(22-9-4-5-10-23(22)34-3)16-24(29)26-25-18(2)19-7-6-8-20(15-19)28(30)31/h4-15H,16H2,1-3H3,(H,26,29)/b25-18-. The van der Waals surface area contributed by atoms with Crippen LogP contribution in [0.2, 0.25) is 0 Å². The van der Waals surface area contributed by atoms with E-state index in [1.54, 1.807) is 43.3 Å². The van der Waals surface area contributed by atoms with Crippen LogP contribution in [0.15, 0.2) is 82.8 Å². The van der Waals surface area contributed by atoms with E-state index in [9.17, 15) is 23.3 Å². The molecule has 0 saturated heterocycles. The summed E-state index contributed by atoms with van der Waals surface area (Å²) in [5, 5.41) is 15.0. The van der Waals surface area contributed by atoms with E-state index < -0.39 is 27.4 Å². The van der Waals surface area contributed by atoms with Crippen molar-refractivity contribution in [1.82, 2.24) is 5.43 Å². The number of anilines is 1. The predicted octanol–water partition coefficient (Wildman–Crippen LogP) is 3.65. The summed E-state index contributed by atoms with van der Waals surface area (Å²) in [6.45, 7) is 2.83. The first-order chi connectivity index (χ1) is 16.6. The molecule has 0 aliphatic heterocycles. The lowest BCUT2D eigenvalue weighted by Gasteiger charge is -2.25. The predicted molar refractivity (Wildman–Crippen MR) is 132 cm³/mol. The summed E-state index contributed by atoms with van der Waals surface area (Å²) in [5.41, 5.74) is 4.04. The van der Waals surface area contributed by atoms with Crippen LogP contribution in [0.25, 0.3) is 0 Å². The minimum Gasteiger partial charge on any atom is -0.495 e. The van der Waals surface area contributed by atoms with Gasteiger partial charge in [0, 0.05) is 17.7 Å². The van der Waals surface area contributed by atoms with E-state index in [0.29, 0.717) is 11.3 Å². The maximum Gasteiger partial charge on any atom is 0.270 e. The second-order valence-corrected chi connectivity index (χ2v) is 9.40. The Balaban J connectivity index is 1.91. The molecule has 0 aromatic heterocycles. The zero-order valence-corrected chi connectivity index (χ0v) is 20.2. The summed E-state index contributed by atoms with van der Waals surface area (Å²) in [6.07, 6.45) is 0. The van der Waals surface area contributed by atoms with Gasteiger partial charge in [-0.25, -0.2) is 13.8 Å². The summed E-state index contributed by atoms with van der Waals surface area (Å²) in [7, 11) is -2.73. The number of hydrazone groups is 1. The number of nitrogens with zero attached hydrogens (tertiary/aromatic N) is 3. The minimum atomic E-state index is -4.14. The van der Waals surface area contributed by atoms with Gasteiger partial charge in [-0.15, -0.1) is 0 Å². The van der Waals surface area contributed by atoms with Crippen molar-refractivity contribution in [3.8, 4) is 5.75 Å². The molecule has 0 aliphatic carbocycles. The number of nitro benzene ring substituents is 1. The van der Waals surface area contributed by atoms with Gasteiger partial charge in [0.05, 0.1) is 28.3 Å². The molecule has 182 valence electrons. The van der Waals surface area contributed by atoms with Crippen molar-refractivity contribution in [2.45, 2.75) is 18.7 Å². The highest BCUT2D eigenvalue weighted by atomic mass is 32.2. The monoisotopic (exact) mass is 496 g/mol. The van der Waals surface area contributed by atoms with Gasteiger partial charge in [-0.1, -0.05) is 42.0 Å². The number of non-ortho nitro benzene ring substituents is 1. The number of sulfonamides is 1. The number of carbonyl (C=O) groups excluding carboxylic acids is 1. The van der Waals surface area contributed by atoms with Gasteiger partial charge in [-0.3, -0.25) is 19.2 Å². The van der Waals surface area contributed by atoms with Gasteiger partial charge in [0.25, 0.3) is 21.6 Å². The van der Waals surface area contributed by atoms with Crippen molar-refractivity contribution in [2.75, 3.05) is 18.0 Å². The highest BCUT2D eigenvalue weighted by Gasteiger charge is 2.29. The fourth-order valence-corrected chi connectivity index (χ4v) is 4.63. The maximum atomic E-state index is 13.5. The van der Waals surface area contributed by atoms with Crippen molar-refractivity contribution in [2.24, 2.45) is 5.10 Å². The Labute approximate surface area is 203 Å². The molecule has 0 unspecified atom stereocenters. The molecular weight excluding hydrogens is 472 g/mol. The molecule has 0 fully saturated rings. The Morgan fingerprint density at radius 2 is 1.77 bits per heavy atom. The van der Waals surface area contributed by atoms with Crippen molar-refractivity contribution in [3.63, 3.8) is 0 Å². The smallest absolute Gasteiger partial charge is 0.270 e. The number of rotatable bonds is 9. The number of aryl methyl sites for hydroxylation is 1. The molecule has 0 spiro atoms. The van der Waals surface area contributed by atoms with Crippen LogP contribution in [-0.2, 0) is 14.8 Å². The molecule has 0 saturated carbocycles. The van der Waals surface area contributed by atoms with E-state index in [-0.39, 0.29) is 22.0 Å². The second-order valence-electron chi connectivity index (χ2n) is 7.54. The number of hydrogen-bond donors (Lipinski definition) is 1. The SMILES string of the molecule is COc1ccccc1N(CC(=O)N/N=C(/C)c1cccc([N+](=O)[O-])c1)S(=O)(=O)c1ccc(C)cc1. The number of benzene rings is 3. The molecule has 0 radical (unpaired) electrons. The van der Waals surface area contributed by atoms with Crippen LogP contribution in [-0.4, -0.2) is 38.6 Å². The molecule has 0 atom stereocenters. The van der Waals surface area contributed by atoms with Gasteiger partial charge in [-0.2, -0.15) is 5.10 Å². The molecular formula is C24H24N4O6S. The molecule has 0 aliphatic rings. The number of amides is 1. The lowest BCUT2D eigenvalue weighted by atomic mass is 10.1. The third kappa shape index (κ3) is 6.01. The number of methoxy groups -OCH3 is 1. The van der Waals surface area contributed by atoms with Crippen LogP contribution < -0.4 is 14.5 Å².